The fourth-order valence-corrected chi connectivity index (χ4v) is 6.81. The molecule has 158 valence electrons. The van der Waals surface area contributed by atoms with Crippen LogP contribution in [0.3, 0.4) is 0 Å². The van der Waals surface area contributed by atoms with Crippen LogP contribution in [0.5, 0.6) is 0 Å². The van der Waals surface area contributed by atoms with Gasteiger partial charge in [-0.15, -0.1) is 11.3 Å². The Morgan fingerprint density at radius 3 is 2.37 bits per heavy atom. The average Bonchev–Trinajstić information content (AvgIpc) is 3.19. The first-order chi connectivity index (χ1) is 14.8. The van der Waals surface area contributed by atoms with E-state index in [2.05, 4.69) is 16.7 Å². The van der Waals surface area contributed by atoms with Gasteiger partial charge in [-0.25, -0.2) is 15.0 Å². The minimum Gasteiger partial charge on any atom is -0.356 e. The normalized spacial score (nSPS) is 20.8. The van der Waals surface area contributed by atoms with Crippen molar-refractivity contribution in [3.63, 3.8) is 0 Å². The molecule has 0 unspecified atom stereocenters. The smallest absolute Gasteiger partial charge is 0.150 e. The molecule has 0 spiro atoms. The van der Waals surface area contributed by atoms with Crippen LogP contribution in [0.25, 0.3) is 20.4 Å². The van der Waals surface area contributed by atoms with E-state index in [1.54, 1.807) is 6.33 Å². The number of fused-ring (bicyclic) bond motifs is 5. The summed E-state index contributed by atoms with van der Waals surface area (Å²) in [4.78, 5) is 21.1. The van der Waals surface area contributed by atoms with Crippen molar-refractivity contribution in [1.82, 2.24) is 15.0 Å². The van der Waals surface area contributed by atoms with Crippen LogP contribution in [-0.4, -0.2) is 41.1 Å². The standard InChI is InChI=1S/C24H31N5S/c1-16-9-13-29(14-10-16)23-21-20(25-15-26-23)19-17-7-3-4-8-18(17)22(27-24(19)30-21)28-11-5-2-6-12-28/h15-16H,2-14H2,1H3. The van der Waals surface area contributed by atoms with Gasteiger partial charge in [0.25, 0.3) is 0 Å². The molecule has 3 aliphatic rings. The monoisotopic (exact) mass is 421 g/mol. The average molecular weight is 422 g/mol. The molecule has 2 fully saturated rings. The van der Waals surface area contributed by atoms with Crippen LogP contribution in [0.15, 0.2) is 6.33 Å². The van der Waals surface area contributed by atoms with Crippen LogP contribution >= 0.6 is 11.3 Å². The zero-order chi connectivity index (χ0) is 20.1. The van der Waals surface area contributed by atoms with Gasteiger partial charge in [-0.3, -0.25) is 0 Å². The van der Waals surface area contributed by atoms with Gasteiger partial charge in [0.15, 0.2) is 0 Å². The highest BCUT2D eigenvalue weighted by atomic mass is 32.1. The lowest BCUT2D eigenvalue weighted by Gasteiger charge is -2.31. The van der Waals surface area contributed by atoms with Crippen molar-refractivity contribution in [2.75, 3.05) is 36.0 Å². The molecule has 5 heterocycles. The predicted octanol–water partition coefficient (Wildman–Crippen LogP) is 5.34. The van der Waals surface area contributed by atoms with Crippen molar-refractivity contribution in [2.45, 2.75) is 64.7 Å². The first kappa shape index (κ1) is 18.8. The van der Waals surface area contributed by atoms with Crippen molar-refractivity contribution in [1.29, 1.82) is 0 Å². The van der Waals surface area contributed by atoms with Crippen molar-refractivity contribution in [2.24, 2.45) is 5.92 Å². The third kappa shape index (κ3) is 3.06. The Morgan fingerprint density at radius 1 is 0.833 bits per heavy atom. The Labute approximate surface area is 182 Å². The molecule has 2 saturated heterocycles. The molecule has 30 heavy (non-hydrogen) atoms. The Bertz CT molecular complexity index is 1080. The molecule has 0 bridgehead atoms. The van der Waals surface area contributed by atoms with Gasteiger partial charge in [-0.05, 0) is 74.8 Å². The minimum atomic E-state index is 0.821. The molecule has 0 amide bonds. The molecule has 0 N–H and O–H groups in total. The van der Waals surface area contributed by atoms with E-state index in [1.165, 1.54) is 89.6 Å². The summed E-state index contributed by atoms with van der Waals surface area (Å²) < 4.78 is 1.25. The summed E-state index contributed by atoms with van der Waals surface area (Å²) in [5.41, 5.74) is 4.20. The molecule has 2 aliphatic heterocycles. The number of anilines is 2. The highest BCUT2D eigenvalue weighted by Crippen LogP contribution is 2.43. The molecular formula is C24H31N5S. The molecule has 3 aromatic heterocycles. The highest BCUT2D eigenvalue weighted by Gasteiger charge is 2.27. The summed E-state index contributed by atoms with van der Waals surface area (Å²) in [5, 5.41) is 1.33. The Hall–Kier alpha value is -1.95. The summed E-state index contributed by atoms with van der Waals surface area (Å²) in [7, 11) is 0. The van der Waals surface area contributed by atoms with Gasteiger partial charge < -0.3 is 9.80 Å². The fraction of sp³-hybridized carbons (Fsp3) is 0.625. The van der Waals surface area contributed by atoms with Crippen LogP contribution in [0, 0.1) is 5.92 Å². The number of pyridine rings is 1. The minimum absolute atomic E-state index is 0.821. The topological polar surface area (TPSA) is 45.2 Å². The van der Waals surface area contributed by atoms with Gasteiger partial charge in [0, 0.05) is 31.6 Å². The summed E-state index contributed by atoms with van der Waals surface area (Å²) in [6, 6.07) is 0. The van der Waals surface area contributed by atoms with E-state index < -0.39 is 0 Å². The molecule has 6 rings (SSSR count). The molecule has 1 aliphatic carbocycles. The molecule has 0 radical (unpaired) electrons. The van der Waals surface area contributed by atoms with E-state index in [0.717, 1.165) is 43.4 Å². The van der Waals surface area contributed by atoms with Crippen LogP contribution in [0.1, 0.15) is 63.0 Å². The SMILES string of the molecule is CC1CCN(c2ncnc3c2sc2nc(N4CCCCC4)c4c(c23)CCCC4)CC1. The van der Waals surface area contributed by atoms with E-state index in [-0.39, 0.29) is 0 Å². The van der Waals surface area contributed by atoms with Gasteiger partial charge in [-0.1, -0.05) is 6.92 Å². The van der Waals surface area contributed by atoms with E-state index in [4.69, 9.17) is 15.0 Å². The Balaban J connectivity index is 1.53. The van der Waals surface area contributed by atoms with Crippen LogP contribution in [0.2, 0.25) is 0 Å². The quantitative estimate of drug-likeness (QED) is 0.558. The lowest BCUT2D eigenvalue weighted by molar-refractivity contribution is 0.437. The second-order valence-electron chi connectivity index (χ2n) is 9.47. The number of nitrogens with zero attached hydrogens (tertiary/aromatic N) is 5. The second-order valence-corrected chi connectivity index (χ2v) is 10.5. The van der Waals surface area contributed by atoms with E-state index >= 15 is 0 Å². The van der Waals surface area contributed by atoms with Crippen molar-refractivity contribution < 1.29 is 0 Å². The van der Waals surface area contributed by atoms with E-state index in [0.29, 0.717) is 0 Å². The number of piperidine rings is 2. The third-order valence-electron chi connectivity index (χ3n) is 7.42. The summed E-state index contributed by atoms with van der Waals surface area (Å²) in [5.74, 6) is 3.24. The van der Waals surface area contributed by atoms with Crippen molar-refractivity contribution >= 4 is 43.4 Å². The fourth-order valence-electron chi connectivity index (χ4n) is 5.64. The summed E-state index contributed by atoms with van der Waals surface area (Å²) in [6.45, 7) is 6.89. The van der Waals surface area contributed by atoms with E-state index in [1.807, 2.05) is 11.3 Å². The molecule has 5 nitrogen and oxygen atoms in total. The lowest BCUT2D eigenvalue weighted by atomic mass is 9.89. The number of rotatable bonds is 2. The third-order valence-corrected chi connectivity index (χ3v) is 8.49. The maximum absolute atomic E-state index is 5.31. The number of hydrogen-bond acceptors (Lipinski definition) is 6. The Kier molecular flexibility index (Phi) is 4.78. The summed E-state index contributed by atoms with van der Waals surface area (Å²) in [6.07, 6.45) is 13.2. The predicted molar refractivity (Wildman–Crippen MR) is 126 cm³/mol. The lowest BCUT2D eigenvalue weighted by Crippen LogP contribution is -2.33. The maximum Gasteiger partial charge on any atom is 0.150 e. The van der Waals surface area contributed by atoms with Gasteiger partial charge in [0.1, 0.15) is 22.8 Å². The van der Waals surface area contributed by atoms with Crippen LogP contribution in [-0.2, 0) is 12.8 Å². The first-order valence-corrected chi connectivity index (χ1v) is 12.7. The molecular weight excluding hydrogens is 390 g/mol. The second kappa shape index (κ2) is 7.63. The number of hydrogen-bond donors (Lipinski definition) is 0. The summed E-state index contributed by atoms with van der Waals surface area (Å²) >= 11 is 1.83. The van der Waals surface area contributed by atoms with Crippen LogP contribution < -0.4 is 9.80 Å². The zero-order valence-electron chi connectivity index (χ0n) is 18.0. The van der Waals surface area contributed by atoms with Crippen molar-refractivity contribution in [3.05, 3.63) is 17.5 Å². The Morgan fingerprint density at radius 2 is 1.57 bits per heavy atom. The molecule has 0 saturated carbocycles. The van der Waals surface area contributed by atoms with Gasteiger partial charge >= 0.3 is 0 Å². The van der Waals surface area contributed by atoms with E-state index in [9.17, 15) is 0 Å². The van der Waals surface area contributed by atoms with Gasteiger partial charge in [0.2, 0.25) is 0 Å². The first-order valence-electron chi connectivity index (χ1n) is 11.9. The molecule has 0 atom stereocenters. The van der Waals surface area contributed by atoms with Gasteiger partial charge in [0.05, 0.1) is 10.2 Å². The number of thiophene rings is 1. The zero-order valence-corrected chi connectivity index (χ0v) is 18.8. The molecule has 6 heteroatoms. The maximum atomic E-state index is 5.31. The highest BCUT2D eigenvalue weighted by molar-refractivity contribution is 7.26. The largest absolute Gasteiger partial charge is 0.356 e. The number of aromatic nitrogens is 3. The number of aryl methyl sites for hydroxylation is 1. The van der Waals surface area contributed by atoms with Gasteiger partial charge in [-0.2, -0.15) is 0 Å². The van der Waals surface area contributed by atoms with Crippen molar-refractivity contribution in [3.8, 4) is 0 Å². The van der Waals surface area contributed by atoms with Crippen LogP contribution in [0.4, 0.5) is 11.6 Å². The molecule has 3 aromatic rings. The molecule has 0 aromatic carbocycles.